The van der Waals surface area contributed by atoms with Gasteiger partial charge in [0.1, 0.15) is 21.9 Å². The lowest BCUT2D eigenvalue weighted by Gasteiger charge is -2.39. The molecule has 3 aromatic rings. The van der Waals surface area contributed by atoms with E-state index in [1.54, 1.807) is 19.6 Å². The van der Waals surface area contributed by atoms with E-state index < -0.39 is 0 Å². The first-order valence-corrected chi connectivity index (χ1v) is 9.76. The van der Waals surface area contributed by atoms with Gasteiger partial charge >= 0.3 is 0 Å². The number of nitrogen functional groups attached to an aromatic ring is 1. The van der Waals surface area contributed by atoms with Crippen LogP contribution in [0.5, 0.6) is 0 Å². The Kier molecular flexibility index (Phi) is 4.43. The molecule has 3 N–H and O–H groups in total. The van der Waals surface area contributed by atoms with E-state index in [9.17, 15) is 4.79 Å². The van der Waals surface area contributed by atoms with Crippen molar-refractivity contribution in [1.29, 1.82) is 0 Å². The fraction of sp³-hybridized carbons (Fsp3) is 0.368. The molecule has 0 aromatic carbocycles. The lowest BCUT2D eigenvalue weighted by atomic mass is 9.77. The third-order valence-corrected chi connectivity index (χ3v) is 6.52. The van der Waals surface area contributed by atoms with Gasteiger partial charge in [-0.05, 0) is 31.0 Å². The molecule has 7 nitrogen and oxygen atoms in total. The molecule has 1 amide bonds. The van der Waals surface area contributed by atoms with Crippen LogP contribution in [0.4, 0.5) is 11.5 Å². The van der Waals surface area contributed by atoms with Gasteiger partial charge in [0.2, 0.25) is 0 Å². The van der Waals surface area contributed by atoms with E-state index in [1.165, 1.54) is 11.3 Å². The van der Waals surface area contributed by atoms with E-state index in [1.807, 2.05) is 12.1 Å². The summed E-state index contributed by atoms with van der Waals surface area (Å²) in [6, 6.07) is 6.00. The van der Waals surface area contributed by atoms with Crippen molar-refractivity contribution in [2.45, 2.75) is 25.2 Å². The van der Waals surface area contributed by atoms with Crippen LogP contribution in [0.15, 0.2) is 30.7 Å². The standard InChI is InChI=1S/C19H22N6OS/c1-19(6-9-25(10-7-19)14-5-8-22-11-23-14)13-4-3-12-15(20)16(17(26)21-2)27-18(12)24-13/h3-5,8,11H,6-7,9-10,20H2,1-2H3,(H,21,26). The minimum absolute atomic E-state index is 0.0103. The molecular formula is C19H22N6OS. The number of nitrogens with two attached hydrogens (primary N) is 1. The zero-order chi connectivity index (χ0) is 19.0. The van der Waals surface area contributed by atoms with Crippen molar-refractivity contribution in [3.63, 3.8) is 0 Å². The topological polar surface area (TPSA) is 97.0 Å². The van der Waals surface area contributed by atoms with E-state index in [0.717, 1.165) is 47.7 Å². The van der Waals surface area contributed by atoms with Gasteiger partial charge in [-0.25, -0.2) is 15.0 Å². The second-order valence-corrected chi connectivity index (χ2v) is 8.09. The van der Waals surface area contributed by atoms with Gasteiger partial charge in [-0.15, -0.1) is 11.3 Å². The number of aromatic nitrogens is 3. The number of amides is 1. The third kappa shape index (κ3) is 3.10. The molecular weight excluding hydrogens is 360 g/mol. The summed E-state index contributed by atoms with van der Waals surface area (Å²) in [6.07, 6.45) is 5.33. The van der Waals surface area contributed by atoms with E-state index in [0.29, 0.717) is 10.6 Å². The molecule has 0 aliphatic carbocycles. The highest BCUT2D eigenvalue weighted by Gasteiger charge is 2.34. The maximum absolute atomic E-state index is 12.0. The minimum atomic E-state index is -0.165. The monoisotopic (exact) mass is 382 g/mol. The van der Waals surface area contributed by atoms with Crippen molar-refractivity contribution in [2.75, 3.05) is 30.8 Å². The summed E-state index contributed by atoms with van der Waals surface area (Å²) in [5.74, 6) is 0.804. The number of nitrogens with one attached hydrogen (secondary N) is 1. The number of hydrogen-bond acceptors (Lipinski definition) is 7. The SMILES string of the molecule is CNC(=O)c1sc2nc(C3(C)CCN(c4ccncn4)CC3)ccc2c1N. The summed E-state index contributed by atoms with van der Waals surface area (Å²) < 4.78 is 0. The molecule has 1 fully saturated rings. The molecule has 4 heterocycles. The van der Waals surface area contributed by atoms with Gasteiger partial charge in [-0.1, -0.05) is 6.92 Å². The second-order valence-electron chi connectivity index (χ2n) is 7.09. The van der Waals surface area contributed by atoms with Gasteiger partial charge in [-0.2, -0.15) is 0 Å². The van der Waals surface area contributed by atoms with Crippen LogP contribution in [0.2, 0.25) is 0 Å². The Bertz CT molecular complexity index is 979. The number of thiophene rings is 1. The van der Waals surface area contributed by atoms with Crippen LogP contribution in [0.3, 0.4) is 0 Å². The smallest absolute Gasteiger partial charge is 0.263 e. The number of anilines is 2. The summed E-state index contributed by atoms with van der Waals surface area (Å²) in [4.78, 5) is 28.9. The molecule has 8 heteroatoms. The Morgan fingerprint density at radius 1 is 1.30 bits per heavy atom. The van der Waals surface area contributed by atoms with Crippen molar-refractivity contribution >= 4 is 39.0 Å². The van der Waals surface area contributed by atoms with E-state index in [-0.39, 0.29) is 11.3 Å². The number of carbonyl (C=O) groups excluding carboxylic acids is 1. The predicted molar refractivity (Wildman–Crippen MR) is 108 cm³/mol. The molecule has 4 rings (SSSR count). The Morgan fingerprint density at radius 2 is 2.07 bits per heavy atom. The zero-order valence-corrected chi connectivity index (χ0v) is 16.2. The average Bonchev–Trinajstić information content (AvgIpc) is 3.05. The lowest BCUT2D eigenvalue weighted by molar-refractivity contribution is 0.0968. The van der Waals surface area contributed by atoms with Gasteiger partial charge in [0.15, 0.2) is 0 Å². The highest BCUT2D eigenvalue weighted by molar-refractivity contribution is 7.21. The largest absolute Gasteiger partial charge is 0.397 e. The first-order valence-electron chi connectivity index (χ1n) is 8.94. The van der Waals surface area contributed by atoms with Gasteiger partial charge in [-0.3, -0.25) is 4.79 Å². The fourth-order valence-electron chi connectivity index (χ4n) is 3.57. The van der Waals surface area contributed by atoms with Crippen LogP contribution in [-0.2, 0) is 5.41 Å². The molecule has 1 aliphatic heterocycles. The molecule has 0 saturated carbocycles. The zero-order valence-electron chi connectivity index (χ0n) is 15.4. The molecule has 0 bridgehead atoms. The number of piperidine rings is 1. The molecule has 0 unspecified atom stereocenters. The second kappa shape index (κ2) is 6.77. The normalized spacial score (nSPS) is 16.4. The molecule has 0 atom stereocenters. The first kappa shape index (κ1) is 17.7. The van der Waals surface area contributed by atoms with Crippen LogP contribution < -0.4 is 16.0 Å². The van der Waals surface area contributed by atoms with Crippen molar-refractivity contribution in [3.05, 3.63) is 41.3 Å². The van der Waals surface area contributed by atoms with Crippen LogP contribution >= 0.6 is 11.3 Å². The van der Waals surface area contributed by atoms with Crippen molar-refractivity contribution < 1.29 is 4.79 Å². The fourth-order valence-corrected chi connectivity index (χ4v) is 4.61. The van der Waals surface area contributed by atoms with Gasteiger partial charge in [0.05, 0.1) is 5.69 Å². The predicted octanol–water partition coefficient (Wildman–Crippen LogP) is 2.59. The van der Waals surface area contributed by atoms with Crippen molar-refractivity contribution in [3.8, 4) is 0 Å². The van der Waals surface area contributed by atoms with Crippen molar-refractivity contribution in [2.24, 2.45) is 0 Å². The summed E-state index contributed by atoms with van der Waals surface area (Å²) in [5, 5.41) is 3.49. The molecule has 0 radical (unpaired) electrons. The third-order valence-electron chi connectivity index (χ3n) is 5.40. The molecule has 140 valence electrons. The maximum Gasteiger partial charge on any atom is 0.263 e. The van der Waals surface area contributed by atoms with Crippen LogP contribution in [-0.4, -0.2) is 41.0 Å². The molecule has 1 aliphatic rings. The number of pyridine rings is 1. The molecule has 0 spiro atoms. The maximum atomic E-state index is 12.0. The summed E-state index contributed by atoms with van der Waals surface area (Å²) >= 11 is 1.36. The average molecular weight is 382 g/mol. The lowest BCUT2D eigenvalue weighted by Crippen LogP contribution is -2.41. The van der Waals surface area contributed by atoms with E-state index >= 15 is 0 Å². The number of carbonyl (C=O) groups is 1. The Morgan fingerprint density at radius 3 is 2.74 bits per heavy atom. The highest BCUT2D eigenvalue weighted by atomic mass is 32.1. The first-order chi connectivity index (χ1) is 13.0. The quantitative estimate of drug-likeness (QED) is 0.723. The summed E-state index contributed by atoms with van der Waals surface area (Å²) in [6.45, 7) is 4.10. The van der Waals surface area contributed by atoms with Gasteiger partial charge in [0, 0.05) is 42.8 Å². The number of nitrogens with zero attached hydrogens (tertiary/aromatic N) is 4. The molecule has 3 aromatic heterocycles. The Balaban J connectivity index is 1.59. The molecule has 27 heavy (non-hydrogen) atoms. The summed E-state index contributed by atoms with van der Waals surface area (Å²) in [5.41, 5.74) is 7.71. The Labute approximate surface area is 161 Å². The molecule has 1 saturated heterocycles. The highest BCUT2D eigenvalue weighted by Crippen LogP contribution is 2.38. The Hall–Kier alpha value is -2.74. The van der Waals surface area contributed by atoms with E-state index in [2.05, 4.69) is 33.2 Å². The number of rotatable bonds is 3. The van der Waals surface area contributed by atoms with E-state index in [4.69, 9.17) is 10.7 Å². The minimum Gasteiger partial charge on any atom is -0.397 e. The van der Waals surface area contributed by atoms with Crippen LogP contribution in [0.25, 0.3) is 10.2 Å². The summed E-state index contributed by atoms with van der Waals surface area (Å²) in [7, 11) is 1.61. The number of fused-ring (bicyclic) bond motifs is 1. The van der Waals surface area contributed by atoms with Crippen LogP contribution in [0, 0.1) is 0 Å². The number of hydrogen-bond donors (Lipinski definition) is 2. The van der Waals surface area contributed by atoms with Gasteiger partial charge in [0.25, 0.3) is 5.91 Å². The van der Waals surface area contributed by atoms with Crippen LogP contribution in [0.1, 0.15) is 35.1 Å². The van der Waals surface area contributed by atoms with Gasteiger partial charge < -0.3 is 16.0 Å². The van der Waals surface area contributed by atoms with Crippen molar-refractivity contribution in [1.82, 2.24) is 20.3 Å².